The summed E-state index contributed by atoms with van der Waals surface area (Å²) in [7, 11) is -3.32. The van der Waals surface area contributed by atoms with Crippen LogP contribution in [-0.4, -0.2) is 33.7 Å². The second-order valence-corrected chi connectivity index (χ2v) is 10.1. The van der Waals surface area contributed by atoms with Crippen LogP contribution in [0.3, 0.4) is 0 Å². The summed E-state index contributed by atoms with van der Waals surface area (Å²) >= 11 is 0. The summed E-state index contributed by atoms with van der Waals surface area (Å²) in [6.07, 6.45) is 4.24. The standard InChI is InChI=1S/C22H26N2O3S.ClH/c1-28(26,27)18-9-5-8-17(14-18)20(16-6-3-2-4-7-16)24-21(25)19-15-22(19)10-12-23-13-11-22;/h2-9,14,19-20,23H,10-13,15H2,1H3,(H,24,25);1H. The van der Waals surface area contributed by atoms with E-state index in [0.717, 1.165) is 43.5 Å². The Morgan fingerprint density at radius 1 is 1.07 bits per heavy atom. The zero-order valence-corrected chi connectivity index (χ0v) is 18.1. The van der Waals surface area contributed by atoms with Crippen LogP contribution in [0.15, 0.2) is 59.5 Å². The lowest BCUT2D eigenvalue weighted by atomic mass is 9.91. The Bertz CT molecular complexity index is 973. The highest BCUT2D eigenvalue weighted by Gasteiger charge is 2.57. The van der Waals surface area contributed by atoms with Crippen LogP contribution < -0.4 is 10.6 Å². The fraction of sp³-hybridized carbons (Fsp3) is 0.409. The summed E-state index contributed by atoms with van der Waals surface area (Å²) in [5, 5.41) is 6.57. The van der Waals surface area contributed by atoms with Gasteiger partial charge < -0.3 is 10.6 Å². The Balaban J connectivity index is 0.00000240. The van der Waals surface area contributed by atoms with Crippen molar-refractivity contribution in [2.45, 2.75) is 30.2 Å². The van der Waals surface area contributed by atoms with Gasteiger partial charge in [-0.25, -0.2) is 8.42 Å². The summed E-state index contributed by atoms with van der Waals surface area (Å²) in [4.78, 5) is 13.3. The molecule has 2 aromatic carbocycles. The molecular weight excluding hydrogens is 408 g/mol. The van der Waals surface area contributed by atoms with Crippen LogP contribution in [0.4, 0.5) is 0 Å². The van der Waals surface area contributed by atoms with Gasteiger partial charge in [-0.15, -0.1) is 12.4 Å². The molecule has 0 radical (unpaired) electrons. The summed E-state index contributed by atoms with van der Waals surface area (Å²) < 4.78 is 24.0. The molecule has 1 heterocycles. The van der Waals surface area contributed by atoms with E-state index in [1.807, 2.05) is 36.4 Å². The van der Waals surface area contributed by atoms with E-state index in [2.05, 4.69) is 10.6 Å². The Morgan fingerprint density at radius 2 is 1.72 bits per heavy atom. The van der Waals surface area contributed by atoms with E-state index in [9.17, 15) is 13.2 Å². The molecule has 156 valence electrons. The molecule has 2 unspecified atom stereocenters. The van der Waals surface area contributed by atoms with Gasteiger partial charge in [-0.2, -0.15) is 0 Å². The van der Waals surface area contributed by atoms with E-state index < -0.39 is 9.84 Å². The first-order chi connectivity index (χ1) is 13.4. The maximum atomic E-state index is 13.1. The first kappa shape index (κ1) is 21.8. The number of hydrogen-bond donors (Lipinski definition) is 2. The monoisotopic (exact) mass is 434 g/mol. The van der Waals surface area contributed by atoms with E-state index in [-0.39, 0.29) is 40.6 Å². The third kappa shape index (κ3) is 4.65. The molecule has 2 aromatic rings. The maximum absolute atomic E-state index is 13.1. The van der Waals surface area contributed by atoms with E-state index in [1.165, 1.54) is 6.26 Å². The van der Waals surface area contributed by atoms with Crippen molar-refractivity contribution in [2.75, 3.05) is 19.3 Å². The summed E-state index contributed by atoms with van der Waals surface area (Å²) in [5.74, 6) is 0.124. The van der Waals surface area contributed by atoms with Crippen molar-refractivity contribution in [2.24, 2.45) is 11.3 Å². The zero-order valence-electron chi connectivity index (χ0n) is 16.4. The highest BCUT2D eigenvalue weighted by Crippen LogP contribution is 2.58. The topological polar surface area (TPSA) is 75.3 Å². The maximum Gasteiger partial charge on any atom is 0.224 e. The van der Waals surface area contributed by atoms with Crippen molar-refractivity contribution in [3.05, 3.63) is 65.7 Å². The second kappa shape index (κ2) is 8.46. The van der Waals surface area contributed by atoms with Crippen LogP contribution >= 0.6 is 12.4 Å². The van der Waals surface area contributed by atoms with Crippen LogP contribution in [0.2, 0.25) is 0 Å². The van der Waals surface area contributed by atoms with Crippen molar-refractivity contribution >= 4 is 28.2 Å². The SMILES string of the molecule is CS(=O)(=O)c1cccc(C(NC(=O)C2CC23CCNCC3)c2ccccc2)c1.Cl. The van der Waals surface area contributed by atoms with Crippen LogP contribution in [0, 0.1) is 11.3 Å². The minimum atomic E-state index is -3.32. The van der Waals surface area contributed by atoms with Gasteiger partial charge in [0.05, 0.1) is 10.9 Å². The third-order valence-electron chi connectivity index (χ3n) is 6.14. The minimum Gasteiger partial charge on any atom is -0.345 e. The van der Waals surface area contributed by atoms with E-state index in [0.29, 0.717) is 0 Å². The molecule has 0 bridgehead atoms. The van der Waals surface area contributed by atoms with Crippen molar-refractivity contribution in [1.29, 1.82) is 0 Å². The molecule has 1 spiro atoms. The molecule has 2 fully saturated rings. The number of halogens is 1. The number of benzene rings is 2. The second-order valence-electron chi connectivity index (χ2n) is 8.07. The van der Waals surface area contributed by atoms with Crippen molar-refractivity contribution in [3.63, 3.8) is 0 Å². The van der Waals surface area contributed by atoms with Gasteiger partial charge >= 0.3 is 0 Å². The van der Waals surface area contributed by atoms with Crippen LogP contribution in [-0.2, 0) is 14.6 Å². The van der Waals surface area contributed by atoms with Crippen LogP contribution in [0.5, 0.6) is 0 Å². The molecule has 1 saturated heterocycles. The Hall–Kier alpha value is -1.89. The van der Waals surface area contributed by atoms with Crippen LogP contribution in [0.25, 0.3) is 0 Å². The number of piperidine rings is 1. The van der Waals surface area contributed by atoms with E-state index in [1.54, 1.807) is 18.2 Å². The number of rotatable bonds is 5. The first-order valence-electron chi connectivity index (χ1n) is 9.75. The summed E-state index contributed by atoms with van der Waals surface area (Å²) in [6, 6.07) is 16.2. The lowest BCUT2D eigenvalue weighted by molar-refractivity contribution is -0.123. The number of hydrogen-bond acceptors (Lipinski definition) is 4. The minimum absolute atomic E-state index is 0. The van der Waals surface area contributed by atoms with Gasteiger partial charge in [0.25, 0.3) is 0 Å². The Morgan fingerprint density at radius 3 is 2.38 bits per heavy atom. The predicted octanol–water partition coefficient (Wildman–Crippen LogP) is 3.11. The number of carbonyl (C=O) groups excluding carboxylic acids is 1. The molecule has 2 aliphatic rings. The lowest BCUT2D eigenvalue weighted by Crippen LogP contribution is -2.35. The number of sulfone groups is 1. The molecule has 1 aliphatic carbocycles. The van der Waals surface area contributed by atoms with Gasteiger partial charge in [-0.05, 0) is 61.0 Å². The number of nitrogens with one attached hydrogen (secondary N) is 2. The fourth-order valence-corrected chi connectivity index (χ4v) is 5.04. The third-order valence-corrected chi connectivity index (χ3v) is 7.25. The molecule has 29 heavy (non-hydrogen) atoms. The van der Waals surface area contributed by atoms with Gasteiger partial charge in [-0.1, -0.05) is 42.5 Å². The normalized spacial score (nSPS) is 21.1. The smallest absolute Gasteiger partial charge is 0.224 e. The molecule has 1 amide bonds. The van der Waals surface area contributed by atoms with Gasteiger partial charge in [0, 0.05) is 12.2 Å². The predicted molar refractivity (Wildman–Crippen MR) is 116 cm³/mol. The molecule has 1 saturated carbocycles. The van der Waals surface area contributed by atoms with Gasteiger partial charge in [-0.3, -0.25) is 4.79 Å². The van der Waals surface area contributed by atoms with Crippen molar-refractivity contribution in [1.82, 2.24) is 10.6 Å². The molecular formula is C22H27ClN2O3S. The average molecular weight is 435 g/mol. The lowest BCUT2D eigenvalue weighted by Gasteiger charge is -2.25. The Labute approximate surface area is 178 Å². The first-order valence-corrected chi connectivity index (χ1v) is 11.6. The average Bonchev–Trinajstić information content (AvgIpc) is 3.39. The van der Waals surface area contributed by atoms with Gasteiger partial charge in [0.2, 0.25) is 5.91 Å². The largest absolute Gasteiger partial charge is 0.345 e. The highest BCUT2D eigenvalue weighted by atomic mass is 35.5. The quantitative estimate of drug-likeness (QED) is 0.758. The number of amides is 1. The summed E-state index contributed by atoms with van der Waals surface area (Å²) in [6.45, 7) is 1.95. The Kier molecular flexibility index (Phi) is 6.36. The molecule has 4 rings (SSSR count). The van der Waals surface area contributed by atoms with Gasteiger partial charge in [0.15, 0.2) is 9.84 Å². The van der Waals surface area contributed by atoms with Crippen LogP contribution in [0.1, 0.15) is 36.4 Å². The zero-order chi connectivity index (χ0) is 19.8. The van der Waals surface area contributed by atoms with Gasteiger partial charge in [0.1, 0.15) is 0 Å². The molecule has 1 aliphatic heterocycles. The summed E-state index contributed by atoms with van der Waals surface area (Å²) in [5.41, 5.74) is 1.88. The molecule has 7 heteroatoms. The molecule has 2 atom stereocenters. The van der Waals surface area contributed by atoms with E-state index in [4.69, 9.17) is 0 Å². The van der Waals surface area contributed by atoms with E-state index >= 15 is 0 Å². The highest BCUT2D eigenvalue weighted by molar-refractivity contribution is 7.90. The molecule has 5 nitrogen and oxygen atoms in total. The van der Waals surface area contributed by atoms with Crippen molar-refractivity contribution in [3.8, 4) is 0 Å². The van der Waals surface area contributed by atoms with Crippen molar-refractivity contribution < 1.29 is 13.2 Å². The number of carbonyl (C=O) groups is 1. The molecule has 0 aromatic heterocycles. The fourth-order valence-electron chi connectivity index (χ4n) is 4.37. The molecule has 2 N–H and O–H groups in total.